The summed E-state index contributed by atoms with van der Waals surface area (Å²) in [5, 5.41) is 10.0. The summed E-state index contributed by atoms with van der Waals surface area (Å²) in [7, 11) is 0. The first-order valence-electron chi connectivity index (χ1n) is 6.65. The predicted molar refractivity (Wildman–Crippen MR) is 78.7 cm³/mol. The number of carbonyl (C=O) groups excluding carboxylic acids is 1. The quantitative estimate of drug-likeness (QED) is 0.877. The highest BCUT2D eigenvalue weighted by Crippen LogP contribution is 2.17. The van der Waals surface area contributed by atoms with Gasteiger partial charge in [-0.25, -0.2) is 0 Å². The van der Waals surface area contributed by atoms with Gasteiger partial charge in [0.25, 0.3) is 0 Å². The zero-order valence-electron chi connectivity index (χ0n) is 12.0. The molecule has 0 spiro atoms. The summed E-state index contributed by atoms with van der Waals surface area (Å²) < 4.78 is 5.12. The maximum atomic E-state index is 11.3. The molecular formula is C15H19N3O2. The van der Waals surface area contributed by atoms with Gasteiger partial charge in [-0.3, -0.25) is 4.79 Å². The lowest BCUT2D eigenvalue weighted by molar-refractivity contribution is -0.115. The van der Waals surface area contributed by atoms with E-state index < -0.39 is 0 Å². The van der Waals surface area contributed by atoms with Crippen LogP contribution in [0.25, 0.3) is 0 Å². The molecule has 0 aliphatic rings. The maximum Gasteiger partial charge on any atom is 0.224 e. The molecule has 0 aliphatic carbocycles. The van der Waals surface area contributed by atoms with Crippen LogP contribution in [0.2, 0.25) is 0 Å². The molecule has 5 nitrogen and oxygen atoms in total. The van der Waals surface area contributed by atoms with Gasteiger partial charge >= 0.3 is 0 Å². The van der Waals surface area contributed by atoms with E-state index in [0.717, 1.165) is 28.4 Å². The van der Waals surface area contributed by atoms with Gasteiger partial charge in [0.05, 0.1) is 5.69 Å². The molecule has 1 aromatic carbocycles. The number of aryl methyl sites for hydroxylation is 2. The minimum absolute atomic E-state index is 0.0152. The molecule has 0 fully saturated rings. The van der Waals surface area contributed by atoms with Crippen molar-refractivity contribution in [2.75, 3.05) is 10.6 Å². The van der Waals surface area contributed by atoms with E-state index in [2.05, 4.69) is 15.8 Å². The van der Waals surface area contributed by atoms with Crippen molar-refractivity contribution in [2.45, 2.75) is 33.7 Å². The Morgan fingerprint density at radius 2 is 1.85 bits per heavy atom. The Hall–Kier alpha value is -2.30. The molecular weight excluding hydrogens is 254 g/mol. The van der Waals surface area contributed by atoms with Gasteiger partial charge in [0.15, 0.2) is 0 Å². The van der Waals surface area contributed by atoms with Gasteiger partial charge < -0.3 is 15.2 Å². The number of rotatable bonds is 5. The summed E-state index contributed by atoms with van der Waals surface area (Å²) in [6, 6.07) is 7.62. The van der Waals surface area contributed by atoms with Crippen LogP contribution >= 0.6 is 0 Å². The second-order valence-electron chi connectivity index (χ2n) is 4.64. The van der Waals surface area contributed by atoms with Crippen LogP contribution in [0.4, 0.5) is 11.4 Å². The zero-order valence-corrected chi connectivity index (χ0v) is 12.0. The number of nitrogens with one attached hydrogen (secondary N) is 2. The lowest BCUT2D eigenvalue weighted by Crippen LogP contribution is -2.09. The zero-order chi connectivity index (χ0) is 14.5. The van der Waals surface area contributed by atoms with Crippen LogP contribution in [0.15, 0.2) is 28.8 Å². The van der Waals surface area contributed by atoms with Crippen molar-refractivity contribution in [3.63, 3.8) is 0 Å². The van der Waals surface area contributed by atoms with Crippen LogP contribution in [0.3, 0.4) is 0 Å². The molecule has 2 aromatic rings. The molecule has 20 heavy (non-hydrogen) atoms. The van der Waals surface area contributed by atoms with Gasteiger partial charge in [-0.1, -0.05) is 12.1 Å². The van der Waals surface area contributed by atoms with Crippen molar-refractivity contribution in [3.05, 3.63) is 41.3 Å². The number of hydrogen-bond acceptors (Lipinski definition) is 4. The second kappa shape index (κ2) is 6.23. The van der Waals surface area contributed by atoms with Gasteiger partial charge in [0.1, 0.15) is 5.76 Å². The molecule has 0 atom stereocenters. The lowest BCUT2D eigenvalue weighted by Gasteiger charge is -2.08. The van der Waals surface area contributed by atoms with Crippen LogP contribution in [0.1, 0.15) is 30.4 Å². The summed E-state index contributed by atoms with van der Waals surface area (Å²) in [5.74, 6) is 0.850. The summed E-state index contributed by atoms with van der Waals surface area (Å²) in [4.78, 5) is 11.3. The molecule has 1 amide bonds. The Morgan fingerprint density at radius 3 is 2.40 bits per heavy atom. The van der Waals surface area contributed by atoms with E-state index in [9.17, 15) is 4.79 Å². The summed E-state index contributed by atoms with van der Waals surface area (Å²) in [5.41, 5.74) is 3.77. The van der Waals surface area contributed by atoms with Crippen molar-refractivity contribution in [3.8, 4) is 0 Å². The first-order chi connectivity index (χ1) is 9.60. The number of nitrogens with zero attached hydrogens (tertiary/aromatic N) is 1. The summed E-state index contributed by atoms with van der Waals surface area (Å²) in [6.07, 6.45) is 0.478. The van der Waals surface area contributed by atoms with Crippen molar-refractivity contribution in [1.29, 1.82) is 0 Å². The predicted octanol–water partition coefficient (Wildman–Crippen LogP) is 3.25. The Morgan fingerprint density at radius 1 is 1.20 bits per heavy atom. The third kappa shape index (κ3) is 3.38. The smallest absolute Gasteiger partial charge is 0.224 e. The molecule has 1 aromatic heterocycles. The van der Waals surface area contributed by atoms with Crippen molar-refractivity contribution in [2.24, 2.45) is 0 Å². The minimum atomic E-state index is 0.0152. The van der Waals surface area contributed by atoms with E-state index in [1.165, 1.54) is 0 Å². The number of hydrogen-bond donors (Lipinski definition) is 2. The molecule has 2 rings (SSSR count). The average Bonchev–Trinajstić information content (AvgIpc) is 2.77. The molecule has 1 heterocycles. The number of amides is 1. The lowest BCUT2D eigenvalue weighted by atomic mass is 10.2. The molecule has 0 unspecified atom stereocenters. The Bertz CT molecular complexity index is 568. The maximum absolute atomic E-state index is 11.3. The molecule has 106 valence electrons. The highest BCUT2D eigenvalue weighted by atomic mass is 16.5. The van der Waals surface area contributed by atoms with Gasteiger partial charge in [-0.2, -0.15) is 0 Å². The Labute approximate surface area is 118 Å². The molecule has 0 radical (unpaired) electrons. The fraction of sp³-hybridized carbons (Fsp3) is 0.333. The van der Waals surface area contributed by atoms with Crippen LogP contribution in [0, 0.1) is 13.8 Å². The third-order valence-electron chi connectivity index (χ3n) is 3.14. The standard InChI is InChI=1S/C15H19N3O2/c1-4-15(19)17-13-7-5-12(6-8-13)16-9-14-10(2)18-20-11(14)3/h5-8,16H,4,9H2,1-3H3,(H,17,19). The van der Waals surface area contributed by atoms with Crippen molar-refractivity contribution < 1.29 is 9.32 Å². The van der Waals surface area contributed by atoms with Crippen LogP contribution in [-0.2, 0) is 11.3 Å². The topological polar surface area (TPSA) is 67.2 Å². The molecule has 5 heteroatoms. The van der Waals surface area contributed by atoms with E-state index >= 15 is 0 Å². The summed E-state index contributed by atoms with van der Waals surface area (Å²) in [6.45, 7) is 6.33. The highest BCUT2D eigenvalue weighted by Gasteiger charge is 2.08. The van der Waals surface area contributed by atoms with E-state index in [0.29, 0.717) is 13.0 Å². The minimum Gasteiger partial charge on any atom is -0.381 e. The first-order valence-corrected chi connectivity index (χ1v) is 6.65. The van der Waals surface area contributed by atoms with Crippen LogP contribution in [-0.4, -0.2) is 11.1 Å². The SMILES string of the molecule is CCC(=O)Nc1ccc(NCc2c(C)noc2C)cc1. The largest absolute Gasteiger partial charge is 0.381 e. The second-order valence-corrected chi connectivity index (χ2v) is 4.64. The number of carbonyl (C=O) groups is 1. The van der Waals surface area contributed by atoms with Gasteiger partial charge in [-0.05, 0) is 38.1 Å². The molecule has 2 N–H and O–H groups in total. The number of benzene rings is 1. The first kappa shape index (κ1) is 14.1. The van der Waals surface area contributed by atoms with Gasteiger partial charge in [-0.15, -0.1) is 0 Å². The van der Waals surface area contributed by atoms with Gasteiger partial charge in [0, 0.05) is 29.9 Å². The van der Waals surface area contributed by atoms with Gasteiger partial charge in [0.2, 0.25) is 5.91 Å². The number of aromatic nitrogens is 1. The van der Waals surface area contributed by atoms with E-state index in [1.54, 1.807) is 0 Å². The fourth-order valence-electron chi connectivity index (χ4n) is 1.87. The normalized spacial score (nSPS) is 10.3. The average molecular weight is 273 g/mol. The molecule has 0 saturated carbocycles. The van der Waals surface area contributed by atoms with E-state index in [-0.39, 0.29) is 5.91 Å². The number of anilines is 2. The molecule has 0 aliphatic heterocycles. The van der Waals surface area contributed by atoms with Crippen molar-refractivity contribution >= 4 is 17.3 Å². The fourth-order valence-corrected chi connectivity index (χ4v) is 1.87. The third-order valence-corrected chi connectivity index (χ3v) is 3.14. The molecule has 0 bridgehead atoms. The Balaban J connectivity index is 1.96. The Kier molecular flexibility index (Phi) is 4.40. The van der Waals surface area contributed by atoms with E-state index in [1.807, 2.05) is 45.0 Å². The van der Waals surface area contributed by atoms with Crippen LogP contribution < -0.4 is 10.6 Å². The molecule has 0 saturated heterocycles. The summed E-state index contributed by atoms with van der Waals surface area (Å²) >= 11 is 0. The van der Waals surface area contributed by atoms with Crippen molar-refractivity contribution in [1.82, 2.24) is 5.16 Å². The highest BCUT2D eigenvalue weighted by molar-refractivity contribution is 5.90. The van der Waals surface area contributed by atoms with Crippen LogP contribution in [0.5, 0.6) is 0 Å². The monoisotopic (exact) mass is 273 g/mol. The van der Waals surface area contributed by atoms with E-state index in [4.69, 9.17) is 4.52 Å².